The standard InChI is InChI=1S/C19H20N6O2.2ClH/c1-27-17-5-3-2-4-15(17)16-11-20-8-9-24(16)19(26)14-6-7-18(22-10-14)25-13-21-12-23-25;;/h2-7,10,12-13,16,20H,8-9,11H2,1H3;2*1H. The second kappa shape index (κ2) is 10.2. The van der Waals surface area contributed by atoms with E-state index >= 15 is 0 Å². The normalized spacial score (nSPS) is 15.8. The number of hydrogen-bond acceptors (Lipinski definition) is 6. The molecule has 1 aromatic carbocycles. The van der Waals surface area contributed by atoms with Gasteiger partial charge in [-0.2, -0.15) is 5.10 Å². The van der Waals surface area contributed by atoms with Crippen molar-refractivity contribution < 1.29 is 9.53 Å². The van der Waals surface area contributed by atoms with Gasteiger partial charge in [0.2, 0.25) is 0 Å². The number of piperazine rings is 1. The van der Waals surface area contributed by atoms with E-state index in [1.807, 2.05) is 29.2 Å². The van der Waals surface area contributed by atoms with Crippen molar-refractivity contribution >= 4 is 30.7 Å². The zero-order valence-corrected chi connectivity index (χ0v) is 17.4. The number of nitrogens with one attached hydrogen (secondary N) is 1. The molecule has 1 saturated heterocycles. The van der Waals surface area contributed by atoms with Crippen molar-refractivity contribution in [1.29, 1.82) is 0 Å². The summed E-state index contributed by atoms with van der Waals surface area (Å²) >= 11 is 0. The smallest absolute Gasteiger partial charge is 0.256 e. The molecule has 1 amide bonds. The highest BCUT2D eigenvalue weighted by atomic mass is 35.5. The van der Waals surface area contributed by atoms with E-state index in [9.17, 15) is 4.79 Å². The van der Waals surface area contributed by atoms with Gasteiger partial charge in [0.15, 0.2) is 5.82 Å². The Labute approximate surface area is 181 Å². The van der Waals surface area contributed by atoms with Gasteiger partial charge in [0.25, 0.3) is 5.91 Å². The number of ether oxygens (including phenoxy) is 1. The lowest BCUT2D eigenvalue weighted by molar-refractivity contribution is 0.0631. The number of benzene rings is 1. The molecular weight excluding hydrogens is 415 g/mol. The number of carbonyl (C=O) groups is 1. The Morgan fingerprint density at radius 1 is 1.21 bits per heavy atom. The minimum absolute atomic E-state index is 0. The van der Waals surface area contributed by atoms with Crippen LogP contribution in [0.1, 0.15) is 22.0 Å². The van der Waals surface area contributed by atoms with Crippen LogP contribution >= 0.6 is 24.8 Å². The number of methoxy groups -OCH3 is 1. The summed E-state index contributed by atoms with van der Waals surface area (Å²) in [6.45, 7) is 2.05. The summed E-state index contributed by atoms with van der Waals surface area (Å²) < 4.78 is 7.05. The monoisotopic (exact) mass is 436 g/mol. The van der Waals surface area contributed by atoms with E-state index < -0.39 is 0 Å². The van der Waals surface area contributed by atoms with Gasteiger partial charge in [0.05, 0.1) is 18.7 Å². The third-order valence-electron chi connectivity index (χ3n) is 4.65. The average molecular weight is 437 g/mol. The quantitative estimate of drug-likeness (QED) is 0.675. The van der Waals surface area contributed by atoms with Gasteiger partial charge in [-0.3, -0.25) is 4.79 Å². The molecule has 2 aromatic heterocycles. The molecule has 1 aliphatic heterocycles. The highest BCUT2D eigenvalue weighted by Gasteiger charge is 2.30. The fourth-order valence-electron chi connectivity index (χ4n) is 3.31. The minimum atomic E-state index is -0.0996. The molecule has 4 rings (SSSR count). The van der Waals surface area contributed by atoms with E-state index in [-0.39, 0.29) is 36.8 Å². The van der Waals surface area contributed by atoms with Crippen LogP contribution in [0.4, 0.5) is 0 Å². The summed E-state index contributed by atoms with van der Waals surface area (Å²) in [4.78, 5) is 23.3. The van der Waals surface area contributed by atoms with Gasteiger partial charge in [-0.25, -0.2) is 14.6 Å². The van der Waals surface area contributed by atoms with Gasteiger partial charge < -0.3 is 15.0 Å². The van der Waals surface area contributed by atoms with Crippen molar-refractivity contribution in [3.05, 3.63) is 66.4 Å². The Balaban J connectivity index is 0.00000150. The van der Waals surface area contributed by atoms with Gasteiger partial charge in [-0.15, -0.1) is 24.8 Å². The van der Waals surface area contributed by atoms with Crippen LogP contribution in [0, 0.1) is 0 Å². The molecule has 0 bridgehead atoms. The van der Waals surface area contributed by atoms with Crippen molar-refractivity contribution in [2.75, 3.05) is 26.7 Å². The van der Waals surface area contributed by atoms with E-state index in [0.29, 0.717) is 24.5 Å². The van der Waals surface area contributed by atoms with E-state index in [0.717, 1.165) is 17.9 Å². The van der Waals surface area contributed by atoms with E-state index in [1.54, 1.807) is 36.4 Å². The lowest BCUT2D eigenvalue weighted by Crippen LogP contribution is -2.48. The first-order valence-electron chi connectivity index (χ1n) is 8.73. The van der Waals surface area contributed by atoms with Gasteiger partial charge in [0.1, 0.15) is 18.4 Å². The van der Waals surface area contributed by atoms with Crippen LogP contribution in [0.5, 0.6) is 5.75 Å². The molecule has 0 spiro atoms. The molecule has 1 N–H and O–H groups in total. The molecule has 8 nitrogen and oxygen atoms in total. The number of carbonyl (C=O) groups excluding carboxylic acids is 1. The summed E-state index contributed by atoms with van der Waals surface area (Å²) in [7, 11) is 1.65. The van der Waals surface area contributed by atoms with Crippen LogP contribution in [-0.4, -0.2) is 57.3 Å². The van der Waals surface area contributed by atoms with Gasteiger partial charge >= 0.3 is 0 Å². The van der Waals surface area contributed by atoms with Crippen LogP contribution in [0.3, 0.4) is 0 Å². The summed E-state index contributed by atoms with van der Waals surface area (Å²) in [5, 5.41) is 7.41. The van der Waals surface area contributed by atoms with E-state index in [1.165, 1.54) is 6.33 Å². The first-order chi connectivity index (χ1) is 13.3. The van der Waals surface area contributed by atoms with Crippen molar-refractivity contribution in [2.24, 2.45) is 0 Å². The van der Waals surface area contributed by atoms with Crippen LogP contribution in [0.2, 0.25) is 0 Å². The fourth-order valence-corrected chi connectivity index (χ4v) is 3.31. The molecule has 154 valence electrons. The number of nitrogens with zero attached hydrogens (tertiary/aromatic N) is 5. The Morgan fingerprint density at radius 3 is 2.72 bits per heavy atom. The molecule has 29 heavy (non-hydrogen) atoms. The molecule has 1 unspecified atom stereocenters. The maximum absolute atomic E-state index is 13.2. The maximum atomic E-state index is 13.2. The van der Waals surface area contributed by atoms with Gasteiger partial charge in [-0.05, 0) is 18.2 Å². The first-order valence-corrected chi connectivity index (χ1v) is 8.73. The summed E-state index contributed by atoms with van der Waals surface area (Å²) in [6.07, 6.45) is 4.60. The summed E-state index contributed by atoms with van der Waals surface area (Å²) in [6, 6.07) is 11.2. The van der Waals surface area contributed by atoms with E-state index in [2.05, 4.69) is 20.4 Å². The lowest BCUT2D eigenvalue weighted by Gasteiger charge is -2.37. The second-order valence-corrected chi connectivity index (χ2v) is 6.21. The lowest BCUT2D eigenvalue weighted by atomic mass is 10.0. The molecule has 0 aliphatic carbocycles. The zero-order chi connectivity index (χ0) is 18.6. The molecule has 3 heterocycles. The van der Waals surface area contributed by atoms with Crippen LogP contribution in [0.25, 0.3) is 5.82 Å². The summed E-state index contributed by atoms with van der Waals surface area (Å²) in [5.74, 6) is 1.35. The highest BCUT2D eigenvalue weighted by Crippen LogP contribution is 2.31. The number of rotatable bonds is 4. The highest BCUT2D eigenvalue weighted by molar-refractivity contribution is 5.94. The Hall–Kier alpha value is -2.68. The van der Waals surface area contributed by atoms with Crippen LogP contribution in [-0.2, 0) is 0 Å². The van der Waals surface area contributed by atoms with Crippen molar-refractivity contribution in [3.63, 3.8) is 0 Å². The molecule has 0 radical (unpaired) electrons. The number of amides is 1. The predicted molar refractivity (Wildman–Crippen MR) is 113 cm³/mol. The Bertz CT molecular complexity index is 921. The van der Waals surface area contributed by atoms with Crippen molar-refractivity contribution in [3.8, 4) is 11.6 Å². The number of aromatic nitrogens is 4. The Morgan fingerprint density at radius 2 is 2.03 bits per heavy atom. The third-order valence-corrected chi connectivity index (χ3v) is 4.65. The number of para-hydroxylation sites is 1. The van der Waals surface area contributed by atoms with Crippen molar-refractivity contribution in [2.45, 2.75) is 6.04 Å². The largest absolute Gasteiger partial charge is 0.496 e. The summed E-state index contributed by atoms with van der Waals surface area (Å²) in [5.41, 5.74) is 1.54. The average Bonchev–Trinajstić information content (AvgIpc) is 3.28. The molecule has 1 aliphatic rings. The molecule has 1 atom stereocenters. The fraction of sp³-hybridized carbons (Fsp3) is 0.263. The topological polar surface area (TPSA) is 85.2 Å². The number of halogens is 2. The SMILES string of the molecule is COc1ccccc1C1CNCCN1C(=O)c1ccc(-n2cncn2)nc1.Cl.Cl. The molecule has 3 aromatic rings. The van der Waals surface area contributed by atoms with Crippen LogP contribution in [0.15, 0.2) is 55.2 Å². The predicted octanol–water partition coefficient (Wildman–Crippen LogP) is 2.30. The first kappa shape index (κ1) is 22.6. The molecule has 0 saturated carbocycles. The zero-order valence-electron chi connectivity index (χ0n) is 15.8. The molecule has 10 heteroatoms. The maximum Gasteiger partial charge on any atom is 0.256 e. The molecule has 1 fully saturated rings. The number of pyridine rings is 1. The third kappa shape index (κ3) is 4.67. The van der Waals surface area contributed by atoms with Crippen molar-refractivity contribution in [1.82, 2.24) is 30.0 Å². The van der Waals surface area contributed by atoms with E-state index in [4.69, 9.17) is 4.74 Å². The Kier molecular flexibility index (Phi) is 7.95. The minimum Gasteiger partial charge on any atom is -0.496 e. The second-order valence-electron chi connectivity index (χ2n) is 6.21. The molecular formula is C19H22Cl2N6O2. The van der Waals surface area contributed by atoms with Gasteiger partial charge in [-0.1, -0.05) is 18.2 Å². The number of hydrogen-bond donors (Lipinski definition) is 1. The van der Waals surface area contributed by atoms with Gasteiger partial charge in [0, 0.05) is 31.4 Å². The van der Waals surface area contributed by atoms with Crippen LogP contribution < -0.4 is 10.1 Å².